The molecule has 1 N–H and O–H groups in total. The second-order valence-electron chi connectivity index (χ2n) is 3.26. The van der Waals surface area contributed by atoms with Crippen molar-refractivity contribution in [1.82, 2.24) is 0 Å². The molecule has 0 spiro atoms. The van der Waals surface area contributed by atoms with Crippen LogP contribution in [0.5, 0.6) is 5.75 Å². The maximum atomic E-state index is 8.92. The molecule has 0 bridgehead atoms. The second-order valence-corrected chi connectivity index (χ2v) is 5.12. The number of rotatable bonds is 5. The molecule has 0 saturated carbocycles. The van der Waals surface area contributed by atoms with Crippen LogP contribution in [0.4, 0.5) is 0 Å². The van der Waals surface area contributed by atoms with Gasteiger partial charge in [-0.05, 0) is 18.2 Å². The van der Waals surface area contributed by atoms with E-state index in [1.54, 1.807) is 18.9 Å². The van der Waals surface area contributed by atoms with E-state index >= 15 is 0 Å². The molecular formula is C11H15ClO2S. The monoisotopic (exact) mass is 246 g/mol. The Hall–Kier alpha value is -0.380. The normalized spacial score (nSPS) is 12.5. The fourth-order valence-electron chi connectivity index (χ4n) is 1.14. The molecule has 0 aromatic heterocycles. The van der Waals surface area contributed by atoms with Gasteiger partial charge in [0.15, 0.2) is 0 Å². The number of aliphatic hydroxyl groups excluding tert-OH is 1. The first-order valence-corrected chi connectivity index (χ1v) is 6.15. The van der Waals surface area contributed by atoms with Gasteiger partial charge < -0.3 is 9.84 Å². The van der Waals surface area contributed by atoms with Crippen molar-refractivity contribution < 1.29 is 9.84 Å². The van der Waals surface area contributed by atoms with E-state index in [9.17, 15) is 0 Å². The Morgan fingerprint density at radius 2 is 2.27 bits per heavy atom. The van der Waals surface area contributed by atoms with E-state index in [4.69, 9.17) is 21.4 Å². The van der Waals surface area contributed by atoms with Crippen molar-refractivity contribution in [3.05, 3.63) is 28.8 Å². The third-order valence-electron chi connectivity index (χ3n) is 2.02. The zero-order chi connectivity index (χ0) is 11.3. The van der Waals surface area contributed by atoms with Crippen LogP contribution in [0.3, 0.4) is 0 Å². The van der Waals surface area contributed by atoms with E-state index in [1.807, 2.05) is 25.1 Å². The van der Waals surface area contributed by atoms with Crippen molar-refractivity contribution >= 4 is 23.4 Å². The number of halogens is 1. The zero-order valence-corrected chi connectivity index (χ0v) is 10.4. The summed E-state index contributed by atoms with van der Waals surface area (Å²) in [5, 5.41) is 9.86. The zero-order valence-electron chi connectivity index (χ0n) is 8.87. The van der Waals surface area contributed by atoms with Crippen LogP contribution in [0.15, 0.2) is 18.2 Å². The van der Waals surface area contributed by atoms with E-state index in [2.05, 4.69) is 0 Å². The molecule has 0 aliphatic heterocycles. The van der Waals surface area contributed by atoms with E-state index in [1.165, 1.54) is 0 Å². The molecule has 4 heteroatoms. The Kier molecular flexibility index (Phi) is 5.29. The van der Waals surface area contributed by atoms with Gasteiger partial charge in [0.1, 0.15) is 5.75 Å². The fourth-order valence-corrected chi connectivity index (χ4v) is 2.13. The quantitative estimate of drug-likeness (QED) is 0.866. The number of thioether (sulfide) groups is 1. The molecule has 1 atom stereocenters. The molecule has 0 radical (unpaired) electrons. The van der Waals surface area contributed by atoms with Crippen LogP contribution in [0.2, 0.25) is 5.02 Å². The topological polar surface area (TPSA) is 29.5 Å². The van der Waals surface area contributed by atoms with Gasteiger partial charge in [-0.15, -0.1) is 0 Å². The average Bonchev–Trinajstić information content (AvgIpc) is 2.26. The number of aliphatic hydroxyl groups is 1. The minimum absolute atomic E-state index is 0.188. The standard InChI is InChI=1S/C11H15ClO2S/c1-8(6-13)15-7-9-5-10(12)3-4-11(9)14-2/h3-5,8,13H,6-7H2,1-2H3. The SMILES string of the molecule is COc1ccc(Cl)cc1CSC(C)CO. The van der Waals surface area contributed by atoms with Crippen LogP contribution in [0.1, 0.15) is 12.5 Å². The summed E-state index contributed by atoms with van der Waals surface area (Å²) in [6, 6.07) is 5.57. The molecule has 1 aromatic rings. The minimum atomic E-state index is 0.188. The summed E-state index contributed by atoms with van der Waals surface area (Å²) >= 11 is 7.59. The molecule has 0 aliphatic rings. The van der Waals surface area contributed by atoms with Crippen LogP contribution in [-0.4, -0.2) is 24.1 Å². The van der Waals surface area contributed by atoms with Gasteiger partial charge in [-0.1, -0.05) is 18.5 Å². The molecule has 1 aromatic carbocycles. The average molecular weight is 247 g/mol. The van der Waals surface area contributed by atoms with Crippen molar-refractivity contribution in [2.24, 2.45) is 0 Å². The first-order valence-electron chi connectivity index (χ1n) is 4.72. The summed E-state index contributed by atoms with van der Waals surface area (Å²) in [6.45, 7) is 2.18. The Morgan fingerprint density at radius 3 is 2.87 bits per heavy atom. The molecule has 1 unspecified atom stereocenters. The summed E-state index contributed by atoms with van der Waals surface area (Å²) < 4.78 is 5.23. The predicted molar refractivity (Wildman–Crippen MR) is 65.8 cm³/mol. The van der Waals surface area contributed by atoms with Crippen molar-refractivity contribution in [2.45, 2.75) is 17.9 Å². The van der Waals surface area contributed by atoms with Crippen LogP contribution in [0, 0.1) is 0 Å². The third kappa shape index (κ3) is 3.93. The smallest absolute Gasteiger partial charge is 0.122 e. The summed E-state index contributed by atoms with van der Waals surface area (Å²) in [5.41, 5.74) is 1.07. The van der Waals surface area contributed by atoms with E-state index < -0.39 is 0 Å². The maximum absolute atomic E-state index is 8.92. The van der Waals surface area contributed by atoms with Crippen LogP contribution >= 0.6 is 23.4 Å². The number of hydrogen-bond donors (Lipinski definition) is 1. The van der Waals surface area contributed by atoms with Gasteiger partial charge in [-0.2, -0.15) is 11.8 Å². The summed E-state index contributed by atoms with van der Waals surface area (Å²) in [7, 11) is 1.65. The van der Waals surface area contributed by atoms with Gasteiger partial charge in [0, 0.05) is 21.6 Å². The molecule has 84 valence electrons. The number of hydrogen-bond acceptors (Lipinski definition) is 3. The van der Waals surface area contributed by atoms with Crippen LogP contribution < -0.4 is 4.74 Å². The Balaban J connectivity index is 2.69. The molecule has 0 amide bonds. The Bertz CT molecular complexity index is 317. The third-order valence-corrected chi connectivity index (χ3v) is 3.45. The van der Waals surface area contributed by atoms with Gasteiger partial charge in [-0.3, -0.25) is 0 Å². The number of methoxy groups -OCH3 is 1. The molecule has 2 nitrogen and oxygen atoms in total. The number of benzene rings is 1. The predicted octanol–water partition coefficient (Wildman–Crippen LogP) is 2.96. The Labute approximate surface area is 99.6 Å². The second kappa shape index (κ2) is 6.26. The van der Waals surface area contributed by atoms with Crippen LogP contribution in [-0.2, 0) is 5.75 Å². The van der Waals surface area contributed by atoms with Crippen molar-refractivity contribution in [3.63, 3.8) is 0 Å². The van der Waals surface area contributed by atoms with Crippen molar-refractivity contribution in [1.29, 1.82) is 0 Å². The molecular weight excluding hydrogens is 232 g/mol. The highest BCUT2D eigenvalue weighted by Gasteiger charge is 2.06. The first kappa shape index (κ1) is 12.7. The van der Waals surface area contributed by atoms with Crippen LogP contribution in [0.25, 0.3) is 0 Å². The Morgan fingerprint density at radius 1 is 1.53 bits per heavy atom. The van der Waals surface area contributed by atoms with Crippen molar-refractivity contribution in [3.8, 4) is 5.75 Å². The van der Waals surface area contributed by atoms with Gasteiger partial charge in [0.2, 0.25) is 0 Å². The molecule has 1 rings (SSSR count). The summed E-state index contributed by atoms with van der Waals surface area (Å²) in [5.74, 6) is 1.64. The minimum Gasteiger partial charge on any atom is -0.496 e. The van der Waals surface area contributed by atoms with Crippen molar-refractivity contribution in [2.75, 3.05) is 13.7 Å². The van der Waals surface area contributed by atoms with E-state index in [0.29, 0.717) is 5.02 Å². The van der Waals surface area contributed by atoms with Gasteiger partial charge >= 0.3 is 0 Å². The maximum Gasteiger partial charge on any atom is 0.122 e. The van der Waals surface area contributed by atoms with Gasteiger partial charge in [-0.25, -0.2) is 0 Å². The molecule has 0 aliphatic carbocycles. The van der Waals surface area contributed by atoms with Gasteiger partial charge in [0.05, 0.1) is 13.7 Å². The lowest BCUT2D eigenvalue weighted by Gasteiger charge is -2.11. The molecule has 15 heavy (non-hydrogen) atoms. The van der Waals surface area contributed by atoms with Gasteiger partial charge in [0.25, 0.3) is 0 Å². The highest BCUT2D eigenvalue weighted by atomic mass is 35.5. The molecule has 0 heterocycles. The molecule has 0 saturated heterocycles. The number of ether oxygens (including phenoxy) is 1. The van der Waals surface area contributed by atoms with E-state index in [0.717, 1.165) is 17.1 Å². The highest BCUT2D eigenvalue weighted by molar-refractivity contribution is 7.99. The molecule has 0 fully saturated rings. The lowest BCUT2D eigenvalue weighted by Crippen LogP contribution is -2.02. The summed E-state index contributed by atoms with van der Waals surface area (Å²) in [4.78, 5) is 0. The lowest BCUT2D eigenvalue weighted by molar-refractivity contribution is 0.300. The first-order chi connectivity index (χ1) is 7.17. The largest absolute Gasteiger partial charge is 0.496 e. The highest BCUT2D eigenvalue weighted by Crippen LogP contribution is 2.27. The summed E-state index contributed by atoms with van der Waals surface area (Å²) in [6.07, 6.45) is 0. The fraction of sp³-hybridized carbons (Fsp3) is 0.455. The lowest BCUT2D eigenvalue weighted by atomic mass is 10.2. The van der Waals surface area contributed by atoms with E-state index in [-0.39, 0.29) is 11.9 Å².